The van der Waals surface area contributed by atoms with Crippen molar-refractivity contribution >= 4 is 39.8 Å². The van der Waals surface area contributed by atoms with Crippen LogP contribution in [0.5, 0.6) is 5.88 Å². The molecule has 0 bridgehead atoms. The molecule has 178 valence electrons. The van der Waals surface area contributed by atoms with Crippen molar-refractivity contribution in [2.24, 2.45) is 5.92 Å². The highest BCUT2D eigenvalue weighted by atomic mass is 32.1. The smallest absolute Gasteiger partial charge is 0.302 e. The molecule has 1 saturated heterocycles. The van der Waals surface area contributed by atoms with Crippen molar-refractivity contribution in [2.75, 3.05) is 25.5 Å². The number of carbonyl (C=O) groups excluding carboxylic acids is 3. The number of anilines is 1. The van der Waals surface area contributed by atoms with Gasteiger partial charge in [-0.1, -0.05) is 30.3 Å². The van der Waals surface area contributed by atoms with E-state index < -0.39 is 11.7 Å². The second-order valence-electron chi connectivity index (χ2n) is 7.92. The van der Waals surface area contributed by atoms with E-state index in [2.05, 4.69) is 42.7 Å². The molecule has 0 radical (unpaired) electrons. The second-order valence-corrected chi connectivity index (χ2v) is 8.82. The Hall–Kier alpha value is -4.26. The van der Waals surface area contributed by atoms with Gasteiger partial charge in [0.05, 0.1) is 7.11 Å². The van der Waals surface area contributed by atoms with Gasteiger partial charge in [-0.15, -0.1) is 21.5 Å². The van der Waals surface area contributed by atoms with Crippen LogP contribution < -0.4 is 10.1 Å². The number of carbonyl (C=O) groups is 3. The summed E-state index contributed by atoms with van der Waals surface area (Å²) in [7, 11) is 1.36. The van der Waals surface area contributed by atoms with Crippen LogP contribution in [0.4, 0.5) is 5.13 Å². The molecule has 1 atom stereocenters. The van der Waals surface area contributed by atoms with Crippen molar-refractivity contribution in [3.8, 4) is 5.88 Å². The highest BCUT2D eigenvalue weighted by Gasteiger charge is 2.32. The molecule has 12 nitrogen and oxygen atoms in total. The zero-order chi connectivity index (χ0) is 24.4. The number of thiazole rings is 1. The fraction of sp³-hybridized carbons (Fsp3) is 0.273. The van der Waals surface area contributed by atoms with Gasteiger partial charge < -0.3 is 9.64 Å². The molecule has 1 aliphatic heterocycles. The van der Waals surface area contributed by atoms with E-state index in [1.165, 1.54) is 18.9 Å². The zero-order valence-corrected chi connectivity index (χ0v) is 19.4. The number of likely N-dealkylation sites (tertiary alicyclic amines) is 1. The van der Waals surface area contributed by atoms with Crippen LogP contribution in [0.15, 0.2) is 41.9 Å². The number of hydrogen-bond acceptors (Lipinski definition) is 10. The number of benzene rings is 1. The maximum Gasteiger partial charge on any atom is 0.302 e. The first-order valence-corrected chi connectivity index (χ1v) is 11.7. The minimum absolute atomic E-state index is 0.0346. The van der Waals surface area contributed by atoms with Gasteiger partial charge in [-0.2, -0.15) is 14.6 Å². The van der Waals surface area contributed by atoms with Gasteiger partial charge in [0.2, 0.25) is 11.5 Å². The van der Waals surface area contributed by atoms with Gasteiger partial charge in [-0.25, -0.2) is 4.98 Å². The minimum atomic E-state index is -0.991. The molecule has 0 aliphatic carbocycles. The van der Waals surface area contributed by atoms with E-state index in [0.717, 1.165) is 28.7 Å². The molecular weight excluding hydrogens is 472 g/mol. The zero-order valence-electron chi connectivity index (χ0n) is 18.6. The number of amides is 2. The maximum absolute atomic E-state index is 13.3. The summed E-state index contributed by atoms with van der Waals surface area (Å²) in [4.78, 5) is 48.2. The third-order valence-electron chi connectivity index (χ3n) is 5.63. The van der Waals surface area contributed by atoms with E-state index in [1.807, 2.05) is 18.2 Å². The summed E-state index contributed by atoms with van der Waals surface area (Å²) >= 11 is 1.16. The van der Waals surface area contributed by atoms with E-state index in [4.69, 9.17) is 4.74 Å². The molecule has 3 aromatic heterocycles. The van der Waals surface area contributed by atoms with Crippen molar-refractivity contribution < 1.29 is 19.1 Å². The Morgan fingerprint density at radius 2 is 2.03 bits per heavy atom. The van der Waals surface area contributed by atoms with Gasteiger partial charge in [0, 0.05) is 24.7 Å². The van der Waals surface area contributed by atoms with Crippen LogP contribution in [-0.4, -0.2) is 72.5 Å². The molecule has 1 N–H and O–H groups in total. The summed E-state index contributed by atoms with van der Waals surface area (Å²) in [5.41, 5.74) is 1.13. The largest absolute Gasteiger partial charge is 0.479 e. The number of fused-ring (bicyclic) bond motifs is 1. The predicted molar refractivity (Wildman–Crippen MR) is 124 cm³/mol. The predicted octanol–water partition coefficient (Wildman–Crippen LogP) is 1.51. The Morgan fingerprint density at radius 1 is 1.20 bits per heavy atom. The minimum Gasteiger partial charge on any atom is -0.479 e. The Balaban J connectivity index is 1.38. The Kier molecular flexibility index (Phi) is 6.14. The summed E-state index contributed by atoms with van der Waals surface area (Å²) in [6.07, 6.45) is 3.21. The first-order chi connectivity index (χ1) is 17.0. The summed E-state index contributed by atoms with van der Waals surface area (Å²) in [6, 6.07) is 10.1. The highest BCUT2D eigenvalue weighted by Crippen LogP contribution is 2.24. The quantitative estimate of drug-likeness (QED) is 0.300. The van der Waals surface area contributed by atoms with Crippen LogP contribution in [0.25, 0.3) is 5.78 Å². The number of nitrogens with zero attached hydrogens (tertiary/aromatic N) is 7. The first kappa shape index (κ1) is 22.5. The van der Waals surface area contributed by atoms with E-state index in [9.17, 15) is 14.4 Å². The monoisotopic (exact) mass is 492 g/mol. The standard InChI is InChI=1S/C22H20N8O4S/c1-34-19-15(20(33)29-9-7-14(12-29)11-13-5-3-2-4-6-13)28-30-17(26-27-21(30)25-19)16(31)18(32)24-22-23-8-10-35-22/h2-6,8,10,14H,7,9,11-12H2,1H3,(H,23,24,32). The van der Waals surface area contributed by atoms with Crippen molar-refractivity contribution in [1.29, 1.82) is 0 Å². The molecule has 1 aliphatic rings. The lowest BCUT2D eigenvalue weighted by atomic mass is 9.99. The number of hydrogen-bond donors (Lipinski definition) is 1. The van der Waals surface area contributed by atoms with Crippen molar-refractivity contribution in [1.82, 2.24) is 34.7 Å². The van der Waals surface area contributed by atoms with Crippen LogP contribution in [0.3, 0.4) is 0 Å². The van der Waals surface area contributed by atoms with Gasteiger partial charge in [0.1, 0.15) is 0 Å². The molecule has 13 heteroatoms. The molecule has 0 saturated carbocycles. The summed E-state index contributed by atoms with van der Waals surface area (Å²) in [5, 5.41) is 16.1. The molecule has 35 heavy (non-hydrogen) atoms. The van der Waals surface area contributed by atoms with Crippen LogP contribution >= 0.6 is 11.3 Å². The van der Waals surface area contributed by atoms with E-state index in [0.29, 0.717) is 19.0 Å². The lowest BCUT2D eigenvalue weighted by Gasteiger charge is -2.17. The molecule has 2 amide bonds. The van der Waals surface area contributed by atoms with E-state index in [-0.39, 0.29) is 34.2 Å². The Labute approximate surface area is 203 Å². The number of Topliss-reactive ketones (excluding diaryl/α,β-unsaturated/α-hetero) is 1. The summed E-state index contributed by atoms with van der Waals surface area (Å²) in [5.74, 6) is -2.50. The van der Waals surface area contributed by atoms with Crippen LogP contribution in [0, 0.1) is 5.92 Å². The molecule has 1 unspecified atom stereocenters. The average molecular weight is 493 g/mol. The second kappa shape index (κ2) is 9.54. The summed E-state index contributed by atoms with van der Waals surface area (Å²) < 4.78 is 6.25. The number of nitrogens with one attached hydrogen (secondary N) is 1. The number of aromatic nitrogens is 6. The number of ether oxygens (including phenoxy) is 1. The number of methoxy groups -OCH3 is 1. The van der Waals surface area contributed by atoms with E-state index in [1.54, 1.807) is 10.3 Å². The van der Waals surface area contributed by atoms with Crippen molar-refractivity contribution in [2.45, 2.75) is 12.8 Å². The third kappa shape index (κ3) is 4.57. The number of rotatable bonds is 7. The topological polar surface area (TPSA) is 145 Å². The molecule has 4 heterocycles. The SMILES string of the molecule is COc1nc2nnc(C(=O)C(=O)Nc3nccs3)n2nc1C(=O)N1CCC(Cc2ccccc2)C1. The van der Waals surface area contributed by atoms with Gasteiger partial charge in [0.25, 0.3) is 23.3 Å². The van der Waals surface area contributed by atoms with E-state index >= 15 is 0 Å². The third-order valence-corrected chi connectivity index (χ3v) is 6.32. The molecule has 1 aromatic carbocycles. The fourth-order valence-corrected chi connectivity index (χ4v) is 4.48. The van der Waals surface area contributed by atoms with Gasteiger partial charge in [-0.05, 0) is 24.3 Å². The molecule has 1 fully saturated rings. The molecule has 0 spiro atoms. The van der Waals surface area contributed by atoms with Gasteiger partial charge in [0.15, 0.2) is 5.13 Å². The summed E-state index contributed by atoms with van der Waals surface area (Å²) in [6.45, 7) is 1.12. The fourth-order valence-electron chi connectivity index (χ4n) is 3.96. The molecule has 4 aromatic rings. The first-order valence-electron chi connectivity index (χ1n) is 10.8. The van der Waals surface area contributed by atoms with Crippen molar-refractivity contribution in [3.05, 3.63) is 59.0 Å². The van der Waals surface area contributed by atoms with Crippen molar-refractivity contribution in [3.63, 3.8) is 0 Å². The lowest BCUT2D eigenvalue weighted by Crippen LogP contribution is -2.31. The Bertz CT molecular complexity index is 1390. The average Bonchev–Trinajstić information content (AvgIpc) is 3.64. The van der Waals surface area contributed by atoms with Crippen LogP contribution in [-0.2, 0) is 11.2 Å². The van der Waals surface area contributed by atoms with Gasteiger partial charge >= 0.3 is 5.91 Å². The number of ketones is 1. The molecule has 5 rings (SSSR count). The maximum atomic E-state index is 13.3. The normalized spacial score (nSPS) is 15.3. The van der Waals surface area contributed by atoms with Crippen LogP contribution in [0.1, 0.15) is 33.1 Å². The Morgan fingerprint density at radius 3 is 2.77 bits per heavy atom. The lowest BCUT2D eigenvalue weighted by molar-refractivity contribution is -0.112. The molecular formula is C22H20N8O4S. The van der Waals surface area contributed by atoms with Gasteiger partial charge in [-0.3, -0.25) is 19.7 Å². The van der Waals surface area contributed by atoms with Crippen LogP contribution in [0.2, 0.25) is 0 Å². The highest BCUT2D eigenvalue weighted by molar-refractivity contribution is 7.13.